The van der Waals surface area contributed by atoms with Gasteiger partial charge in [-0.2, -0.15) is 0 Å². The summed E-state index contributed by atoms with van der Waals surface area (Å²) in [4.78, 5) is 12.5. The highest BCUT2D eigenvalue weighted by molar-refractivity contribution is 7.89. The van der Waals surface area contributed by atoms with Crippen molar-refractivity contribution in [3.8, 4) is 0 Å². The zero-order valence-electron chi connectivity index (χ0n) is 10.1. The monoisotopic (exact) mass is 296 g/mol. The Morgan fingerprint density at radius 1 is 1.32 bits per heavy atom. The minimum Gasteiger partial charge on any atom is -0.321 e. The van der Waals surface area contributed by atoms with Crippen molar-refractivity contribution in [1.29, 1.82) is 0 Å². The van der Waals surface area contributed by atoms with E-state index in [4.69, 9.17) is 5.14 Å². The van der Waals surface area contributed by atoms with Crippen LogP contribution in [-0.4, -0.2) is 14.3 Å². The van der Waals surface area contributed by atoms with Crippen molar-refractivity contribution in [2.45, 2.75) is 11.8 Å². The van der Waals surface area contributed by atoms with E-state index >= 15 is 0 Å². The van der Waals surface area contributed by atoms with Gasteiger partial charge in [-0.3, -0.25) is 4.79 Å². The second-order valence-corrected chi connectivity index (χ2v) is 6.44. The number of anilines is 1. The summed E-state index contributed by atoms with van der Waals surface area (Å²) in [5.41, 5.74) is 1.27. The largest absolute Gasteiger partial charge is 0.321 e. The van der Waals surface area contributed by atoms with E-state index < -0.39 is 10.0 Å². The van der Waals surface area contributed by atoms with Gasteiger partial charge in [-0.15, -0.1) is 11.3 Å². The summed E-state index contributed by atoms with van der Waals surface area (Å²) < 4.78 is 22.4. The molecule has 19 heavy (non-hydrogen) atoms. The maximum absolute atomic E-state index is 12.0. The molecule has 1 heterocycles. The average molecular weight is 296 g/mol. The maximum Gasteiger partial charge on any atom is 0.265 e. The Hall–Kier alpha value is -1.70. The average Bonchev–Trinajstić information content (AvgIpc) is 2.75. The summed E-state index contributed by atoms with van der Waals surface area (Å²) in [6, 6.07) is 7.68. The second-order valence-electron chi connectivity index (χ2n) is 3.96. The first-order valence-electron chi connectivity index (χ1n) is 5.36. The summed E-state index contributed by atoms with van der Waals surface area (Å²) in [5, 5.41) is 9.51. The molecule has 100 valence electrons. The van der Waals surface area contributed by atoms with Crippen LogP contribution in [0.4, 0.5) is 5.69 Å². The molecule has 0 bridgehead atoms. The lowest BCUT2D eigenvalue weighted by molar-refractivity contribution is 0.103. The molecule has 0 spiro atoms. The Morgan fingerprint density at radius 2 is 2.05 bits per heavy atom. The molecule has 1 aromatic carbocycles. The standard InChI is InChI=1S/C12H12N2O3S2/c1-8-5-6-18-11(8)12(15)14-9-3-2-4-10(7-9)19(13,16)17/h2-7H,1H3,(H,14,15)(H2,13,16,17). The summed E-state index contributed by atoms with van der Waals surface area (Å²) in [7, 11) is -3.77. The molecule has 0 saturated carbocycles. The van der Waals surface area contributed by atoms with Gasteiger partial charge in [0.1, 0.15) is 0 Å². The zero-order chi connectivity index (χ0) is 14.0. The van der Waals surface area contributed by atoms with E-state index in [0.29, 0.717) is 10.6 Å². The fourth-order valence-corrected chi connectivity index (χ4v) is 2.92. The summed E-state index contributed by atoms with van der Waals surface area (Å²) in [6.45, 7) is 1.84. The van der Waals surface area contributed by atoms with Crippen LogP contribution in [-0.2, 0) is 10.0 Å². The van der Waals surface area contributed by atoms with Gasteiger partial charge >= 0.3 is 0 Å². The summed E-state index contributed by atoms with van der Waals surface area (Å²) >= 11 is 1.33. The highest BCUT2D eigenvalue weighted by Gasteiger charge is 2.12. The Labute approximate surface area is 115 Å². The van der Waals surface area contributed by atoms with Crippen LogP contribution in [0.5, 0.6) is 0 Å². The van der Waals surface area contributed by atoms with E-state index in [9.17, 15) is 13.2 Å². The number of amides is 1. The topological polar surface area (TPSA) is 89.3 Å². The van der Waals surface area contributed by atoms with E-state index in [1.165, 1.54) is 29.5 Å². The number of nitrogens with two attached hydrogens (primary N) is 1. The Morgan fingerprint density at radius 3 is 2.63 bits per heavy atom. The number of carbonyl (C=O) groups is 1. The summed E-state index contributed by atoms with van der Waals surface area (Å²) in [6.07, 6.45) is 0. The second kappa shape index (κ2) is 5.12. The smallest absolute Gasteiger partial charge is 0.265 e. The number of benzene rings is 1. The number of hydrogen-bond donors (Lipinski definition) is 2. The molecule has 7 heteroatoms. The predicted molar refractivity (Wildman–Crippen MR) is 74.8 cm³/mol. The quantitative estimate of drug-likeness (QED) is 0.907. The van der Waals surface area contributed by atoms with Crippen LogP contribution in [0.25, 0.3) is 0 Å². The molecule has 0 aliphatic carbocycles. The summed E-state index contributed by atoms with van der Waals surface area (Å²) in [5.74, 6) is -0.265. The number of hydrogen-bond acceptors (Lipinski definition) is 4. The lowest BCUT2D eigenvalue weighted by atomic mass is 10.2. The van der Waals surface area contributed by atoms with E-state index in [1.54, 1.807) is 6.07 Å². The first-order valence-corrected chi connectivity index (χ1v) is 7.79. The first kappa shape index (κ1) is 13.7. The van der Waals surface area contributed by atoms with E-state index in [2.05, 4.69) is 5.32 Å². The molecule has 0 radical (unpaired) electrons. The maximum atomic E-state index is 12.0. The molecule has 1 aromatic heterocycles. The van der Waals surface area contributed by atoms with Crippen LogP contribution >= 0.6 is 11.3 Å². The Balaban J connectivity index is 2.25. The van der Waals surface area contributed by atoms with Crippen molar-refractivity contribution >= 4 is 33.0 Å². The lowest BCUT2D eigenvalue weighted by Gasteiger charge is -2.06. The van der Waals surface area contributed by atoms with Crippen LogP contribution < -0.4 is 10.5 Å². The number of carbonyl (C=O) groups excluding carboxylic acids is 1. The SMILES string of the molecule is Cc1ccsc1C(=O)Nc1cccc(S(N)(=O)=O)c1. The Kier molecular flexibility index (Phi) is 3.70. The minimum absolute atomic E-state index is 0.0341. The molecule has 2 rings (SSSR count). The molecule has 0 atom stereocenters. The molecule has 3 N–H and O–H groups in total. The zero-order valence-corrected chi connectivity index (χ0v) is 11.7. The third-order valence-electron chi connectivity index (χ3n) is 2.49. The van der Waals surface area contributed by atoms with Gasteiger partial charge < -0.3 is 5.32 Å². The van der Waals surface area contributed by atoms with Gasteiger partial charge in [-0.25, -0.2) is 13.6 Å². The molecule has 0 saturated heterocycles. The van der Waals surface area contributed by atoms with Crippen molar-refractivity contribution in [3.63, 3.8) is 0 Å². The highest BCUT2D eigenvalue weighted by atomic mass is 32.2. The molecule has 1 amide bonds. The van der Waals surface area contributed by atoms with E-state index in [-0.39, 0.29) is 10.8 Å². The fourth-order valence-electron chi connectivity index (χ4n) is 1.54. The first-order chi connectivity index (χ1) is 8.88. The number of primary sulfonamides is 1. The number of sulfonamides is 1. The van der Waals surface area contributed by atoms with Crippen LogP contribution in [0, 0.1) is 6.92 Å². The van der Waals surface area contributed by atoms with Gasteiger partial charge in [-0.05, 0) is 42.1 Å². The molecule has 0 aliphatic rings. The fraction of sp³-hybridized carbons (Fsp3) is 0.0833. The van der Waals surface area contributed by atoms with Crippen molar-refractivity contribution < 1.29 is 13.2 Å². The van der Waals surface area contributed by atoms with Crippen LogP contribution in [0.1, 0.15) is 15.2 Å². The van der Waals surface area contributed by atoms with Gasteiger partial charge in [0, 0.05) is 5.69 Å². The van der Waals surface area contributed by atoms with Gasteiger partial charge in [-0.1, -0.05) is 6.07 Å². The third-order valence-corrected chi connectivity index (χ3v) is 4.41. The van der Waals surface area contributed by atoms with Crippen molar-refractivity contribution in [1.82, 2.24) is 0 Å². The van der Waals surface area contributed by atoms with Crippen LogP contribution in [0.15, 0.2) is 40.6 Å². The van der Waals surface area contributed by atoms with E-state index in [0.717, 1.165) is 5.56 Å². The number of nitrogens with one attached hydrogen (secondary N) is 1. The molecular formula is C12H12N2O3S2. The molecule has 0 unspecified atom stereocenters. The number of aryl methyl sites for hydroxylation is 1. The number of rotatable bonds is 3. The van der Waals surface area contributed by atoms with Crippen molar-refractivity contribution in [2.24, 2.45) is 5.14 Å². The molecular weight excluding hydrogens is 284 g/mol. The minimum atomic E-state index is -3.77. The lowest BCUT2D eigenvalue weighted by Crippen LogP contribution is -2.14. The third kappa shape index (κ3) is 3.19. The van der Waals surface area contributed by atoms with Gasteiger partial charge in [0.05, 0.1) is 9.77 Å². The van der Waals surface area contributed by atoms with Crippen molar-refractivity contribution in [2.75, 3.05) is 5.32 Å². The molecule has 2 aromatic rings. The number of thiophene rings is 1. The predicted octanol–water partition coefficient (Wildman–Crippen LogP) is 1.96. The normalized spacial score (nSPS) is 11.3. The van der Waals surface area contributed by atoms with Crippen LogP contribution in [0.3, 0.4) is 0 Å². The molecule has 0 aliphatic heterocycles. The van der Waals surface area contributed by atoms with E-state index in [1.807, 2.05) is 18.4 Å². The van der Waals surface area contributed by atoms with Gasteiger partial charge in [0.2, 0.25) is 10.0 Å². The van der Waals surface area contributed by atoms with Gasteiger partial charge in [0.15, 0.2) is 0 Å². The highest BCUT2D eigenvalue weighted by Crippen LogP contribution is 2.19. The molecule has 5 nitrogen and oxygen atoms in total. The molecule has 0 fully saturated rings. The van der Waals surface area contributed by atoms with Crippen LogP contribution in [0.2, 0.25) is 0 Å². The Bertz CT molecular complexity index is 720. The van der Waals surface area contributed by atoms with Gasteiger partial charge in [0.25, 0.3) is 5.91 Å². The van der Waals surface area contributed by atoms with Crippen molar-refractivity contribution in [3.05, 3.63) is 46.2 Å².